The van der Waals surface area contributed by atoms with Crippen molar-refractivity contribution in [1.29, 1.82) is 0 Å². The third kappa shape index (κ3) is 5.67. The quantitative estimate of drug-likeness (QED) is 0.603. The van der Waals surface area contributed by atoms with Crippen LogP contribution in [-0.4, -0.2) is 40.4 Å². The number of carbonyl (C=O) groups excluding carboxylic acids is 1. The first-order valence-corrected chi connectivity index (χ1v) is 10.6. The number of primary amides is 1. The maximum Gasteiger partial charge on any atom is 0.229 e. The fourth-order valence-electron chi connectivity index (χ4n) is 3.84. The van der Waals surface area contributed by atoms with Crippen molar-refractivity contribution < 1.29 is 4.79 Å². The molecule has 1 aliphatic heterocycles. The maximum absolute atomic E-state index is 11.0. The number of hydrogen-bond donors (Lipinski definition) is 3. The van der Waals surface area contributed by atoms with Crippen molar-refractivity contribution in [1.82, 2.24) is 14.9 Å². The Kier molecular flexibility index (Phi) is 6.24. The lowest BCUT2D eigenvalue weighted by Crippen LogP contribution is -2.29. The number of anilines is 3. The third-order valence-corrected chi connectivity index (χ3v) is 5.54. The second-order valence-corrected chi connectivity index (χ2v) is 8.08. The number of amides is 1. The van der Waals surface area contributed by atoms with Crippen molar-refractivity contribution in [3.8, 4) is 0 Å². The highest BCUT2D eigenvalue weighted by Gasteiger charge is 2.27. The van der Waals surface area contributed by atoms with Gasteiger partial charge in [0.25, 0.3) is 0 Å². The van der Waals surface area contributed by atoms with Gasteiger partial charge in [0.2, 0.25) is 11.9 Å². The number of piperidine rings is 1. The Morgan fingerprint density at radius 2 is 2.03 bits per heavy atom. The van der Waals surface area contributed by atoms with E-state index in [1.807, 2.05) is 12.3 Å². The summed E-state index contributed by atoms with van der Waals surface area (Å²) in [5.41, 5.74) is 8.66. The predicted octanol–water partition coefficient (Wildman–Crippen LogP) is 3.37. The molecular weight excluding hydrogens is 364 g/mol. The number of carbonyl (C=O) groups is 1. The van der Waals surface area contributed by atoms with E-state index in [9.17, 15) is 4.79 Å². The highest BCUT2D eigenvalue weighted by atomic mass is 16.1. The van der Waals surface area contributed by atoms with Crippen LogP contribution in [0.1, 0.15) is 55.6 Å². The summed E-state index contributed by atoms with van der Waals surface area (Å²) in [5, 5.41) is 6.59. The van der Waals surface area contributed by atoms with Crippen molar-refractivity contribution in [2.45, 2.75) is 51.0 Å². The van der Waals surface area contributed by atoms with Gasteiger partial charge in [0.1, 0.15) is 5.82 Å². The van der Waals surface area contributed by atoms with Crippen molar-refractivity contribution in [3.05, 3.63) is 41.6 Å². The number of nitrogens with one attached hydrogen (secondary N) is 2. The first-order valence-electron chi connectivity index (χ1n) is 10.6. The van der Waals surface area contributed by atoms with E-state index in [0.29, 0.717) is 18.4 Å². The van der Waals surface area contributed by atoms with Crippen LogP contribution in [0, 0.1) is 0 Å². The van der Waals surface area contributed by atoms with Gasteiger partial charge in [-0.2, -0.15) is 4.98 Å². The molecule has 2 heterocycles. The van der Waals surface area contributed by atoms with Crippen LogP contribution in [0.5, 0.6) is 0 Å². The number of likely N-dealkylation sites (tertiary alicyclic amines) is 1. The summed E-state index contributed by atoms with van der Waals surface area (Å²) < 4.78 is 0. The molecule has 7 heteroatoms. The molecule has 2 aromatic rings. The lowest BCUT2D eigenvalue weighted by molar-refractivity contribution is -0.117. The van der Waals surface area contributed by atoms with E-state index in [1.54, 1.807) is 0 Å². The number of nitrogens with two attached hydrogens (primary N) is 1. The first-order chi connectivity index (χ1) is 14.2. The summed E-state index contributed by atoms with van der Waals surface area (Å²) in [6, 6.07) is 8.46. The van der Waals surface area contributed by atoms with Crippen LogP contribution < -0.4 is 16.4 Å². The van der Waals surface area contributed by atoms with E-state index in [-0.39, 0.29) is 12.3 Å². The van der Waals surface area contributed by atoms with E-state index in [2.05, 4.69) is 43.7 Å². The number of hydrogen-bond acceptors (Lipinski definition) is 6. The Morgan fingerprint density at radius 3 is 2.79 bits per heavy atom. The van der Waals surface area contributed by atoms with Gasteiger partial charge in [0.15, 0.2) is 0 Å². The van der Waals surface area contributed by atoms with Crippen molar-refractivity contribution in [2.75, 3.05) is 30.3 Å². The molecule has 0 radical (unpaired) electrons. The van der Waals surface area contributed by atoms with Gasteiger partial charge in [-0.15, -0.1) is 0 Å². The van der Waals surface area contributed by atoms with Gasteiger partial charge in [-0.05, 0) is 62.4 Å². The molecule has 7 nitrogen and oxygen atoms in total. The summed E-state index contributed by atoms with van der Waals surface area (Å²) in [6.07, 6.45) is 8.46. The minimum atomic E-state index is -0.316. The summed E-state index contributed by atoms with van der Waals surface area (Å²) in [7, 11) is 0. The van der Waals surface area contributed by atoms with Gasteiger partial charge in [0, 0.05) is 37.0 Å². The van der Waals surface area contributed by atoms with E-state index < -0.39 is 0 Å². The molecule has 1 aromatic heterocycles. The van der Waals surface area contributed by atoms with Crippen molar-refractivity contribution in [2.24, 2.45) is 5.73 Å². The Balaban J connectivity index is 1.44. The zero-order valence-corrected chi connectivity index (χ0v) is 16.9. The number of nitrogens with zero attached hydrogens (tertiary/aromatic N) is 3. The molecule has 4 N–H and O–H groups in total. The average Bonchev–Trinajstić information content (AvgIpc) is 3.54. The molecule has 0 bridgehead atoms. The second-order valence-electron chi connectivity index (χ2n) is 8.08. The van der Waals surface area contributed by atoms with Crippen LogP contribution in [-0.2, 0) is 11.3 Å². The third-order valence-electron chi connectivity index (χ3n) is 5.54. The molecule has 4 rings (SSSR count). The topological polar surface area (TPSA) is 96.2 Å². The van der Waals surface area contributed by atoms with Crippen molar-refractivity contribution in [3.63, 3.8) is 0 Å². The van der Waals surface area contributed by atoms with Crippen molar-refractivity contribution >= 4 is 23.4 Å². The van der Waals surface area contributed by atoms with Gasteiger partial charge in [-0.3, -0.25) is 9.69 Å². The zero-order chi connectivity index (χ0) is 20.1. The molecular formula is C22H30N6O. The normalized spacial score (nSPS) is 17.1. The molecule has 1 saturated carbocycles. The highest BCUT2D eigenvalue weighted by Crippen LogP contribution is 2.42. The Hall–Kier alpha value is -2.67. The molecule has 2 aliphatic rings. The Morgan fingerprint density at radius 1 is 1.21 bits per heavy atom. The van der Waals surface area contributed by atoms with E-state index in [4.69, 9.17) is 5.73 Å². The number of rotatable bonds is 9. The minimum absolute atomic E-state index is 0.287. The largest absolute Gasteiger partial charge is 0.370 e. The molecule has 1 aromatic carbocycles. The second kappa shape index (κ2) is 9.22. The molecule has 2 fully saturated rings. The van der Waals surface area contributed by atoms with Crippen LogP contribution in [0.25, 0.3) is 0 Å². The monoisotopic (exact) mass is 394 g/mol. The summed E-state index contributed by atoms with van der Waals surface area (Å²) in [5.74, 6) is 1.57. The fourth-order valence-corrected chi connectivity index (χ4v) is 3.84. The van der Waals surface area contributed by atoms with Gasteiger partial charge in [0.05, 0.1) is 0 Å². The first kappa shape index (κ1) is 19.6. The molecule has 0 spiro atoms. The molecule has 1 aliphatic carbocycles. The summed E-state index contributed by atoms with van der Waals surface area (Å²) >= 11 is 0. The SMILES string of the molecule is NC(=O)CCNc1nc(Nc2cccc(CN3CCCCC3)c2)ncc1C1CC1. The van der Waals surface area contributed by atoms with Crippen LogP contribution in [0.3, 0.4) is 0 Å². The summed E-state index contributed by atoms with van der Waals surface area (Å²) in [6.45, 7) is 3.83. The van der Waals surface area contributed by atoms with Crippen LogP contribution >= 0.6 is 0 Å². The van der Waals surface area contributed by atoms with E-state index in [1.165, 1.54) is 50.8 Å². The zero-order valence-electron chi connectivity index (χ0n) is 16.9. The van der Waals surface area contributed by atoms with Crippen LogP contribution in [0.15, 0.2) is 30.5 Å². The molecule has 0 unspecified atom stereocenters. The standard InChI is InChI=1S/C22H30N6O/c23-20(29)9-10-24-21-19(17-7-8-17)14-25-22(27-21)26-18-6-4-5-16(13-18)15-28-11-2-1-3-12-28/h4-6,13-14,17H,1-3,7-12,15H2,(H2,23,29)(H2,24,25,26,27). The predicted molar refractivity (Wildman–Crippen MR) is 115 cm³/mol. The fraction of sp³-hybridized carbons (Fsp3) is 0.500. The molecule has 0 atom stereocenters. The number of aromatic nitrogens is 2. The molecule has 1 amide bonds. The summed E-state index contributed by atoms with van der Waals surface area (Å²) in [4.78, 5) is 22.8. The van der Waals surface area contributed by atoms with Gasteiger partial charge < -0.3 is 16.4 Å². The minimum Gasteiger partial charge on any atom is -0.370 e. The van der Waals surface area contributed by atoms with Gasteiger partial charge in [-0.1, -0.05) is 18.6 Å². The maximum atomic E-state index is 11.0. The lowest BCUT2D eigenvalue weighted by Gasteiger charge is -2.26. The average molecular weight is 395 g/mol. The van der Waals surface area contributed by atoms with Crippen LogP contribution in [0.2, 0.25) is 0 Å². The Bertz CT molecular complexity index is 845. The molecule has 29 heavy (non-hydrogen) atoms. The van der Waals surface area contributed by atoms with Gasteiger partial charge >= 0.3 is 0 Å². The van der Waals surface area contributed by atoms with Gasteiger partial charge in [-0.25, -0.2) is 4.98 Å². The van der Waals surface area contributed by atoms with E-state index in [0.717, 1.165) is 23.6 Å². The smallest absolute Gasteiger partial charge is 0.229 e. The van der Waals surface area contributed by atoms with Crippen LogP contribution in [0.4, 0.5) is 17.5 Å². The Labute approximate surface area is 172 Å². The number of benzene rings is 1. The van der Waals surface area contributed by atoms with E-state index >= 15 is 0 Å². The highest BCUT2D eigenvalue weighted by molar-refractivity contribution is 5.74. The lowest BCUT2D eigenvalue weighted by atomic mass is 10.1. The molecule has 1 saturated heterocycles. The molecule has 154 valence electrons.